The predicted octanol–water partition coefficient (Wildman–Crippen LogP) is 5.07. The third kappa shape index (κ3) is 4.27. The van der Waals surface area contributed by atoms with Crippen LogP contribution in [0, 0.1) is 12.0 Å². The van der Waals surface area contributed by atoms with E-state index in [9.17, 15) is 4.79 Å². The minimum absolute atomic E-state index is 0.0102. The largest absolute Gasteiger partial charge is 0.339 e. The average Bonchev–Trinajstić information content (AvgIpc) is 3.48. The molecule has 1 N–H and O–H groups in total. The van der Waals surface area contributed by atoms with E-state index in [-0.39, 0.29) is 5.78 Å². The van der Waals surface area contributed by atoms with Gasteiger partial charge < -0.3 is 10.2 Å². The first kappa shape index (κ1) is 19.3. The lowest BCUT2D eigenvalue weighted by Crippen LogP contribution is -2.10. The van der Waals surface area contributed by atoms with Crippen LogP contribution < -0.4 is 5.32 Å². The first-order chi connectivity index (χ1) is 15.3. The lowest BCUT2D eigenvalue weighted by molar-refractivity contribution is 0.103. The second-order valence-electron chi connectivity index (χ2n) is 7.38. The molecule has 0 bridgehead atoms. The zero-order valence-corrected chi connectivity index (χ0v) is 17.7. The second-order valence-corrected chi connectivity index (χ2v) is 8.43. The highest BCUT2D eigenvalue weighted by atomic mass is 32.1. The minimum atomic E-state index is 0.0102. The van der Waals surface area contributed by atoms with Gasteiger partial charge in [-0.2, -0.15) is 0 Å². The van der Waals surface area contributed by atoms with Gasteiger partial charge in [-0.15, -0.1) is 11.3 Å². The Balaban J connectivity index is 1.36. The predicted molar refractivity (Wildman–Crippen MR) is 125 cm³/mol. The van der Waals surface area contributed by atoms with Gasteiger partial charge in [0.2, 0.25) is 0 Å². The monoisotopic (exact) mass is 424 g/mol. The number of thiophene rings is 1. The number of fused-ring (bicyclic) bond motifs is 1. The van der Waals surface area contributed by atoms with Gasteiger partial charge in [-0.25, -0.2) is 9.97 Å². The van der Waals surface area contributed by atoms with E-state index in [0.29, 0.717) is 11.1 Å². The van der Waals surface area contributed by atoms with Crippen LogP contribution >= 0.6 is 11.3 Å². The van der Waals surface area contributed by atoms with Crippen LogP contribution in [0.15, 0.2) is 67.0 Å². The van der Waals surface area contributed by atoms with E-state index < -0.39 is 0 Å². The van der Waals surface area contributed by atoms with Crippen LogP contribution in [-0.4, -0.2) is 33.7 Å². The number of ketones is 1. The molecule has 5 nitrogen and oxygen atoms in total. The molecule has 1 aliphatic rings. The molecule has 6 heteroatoms. The summed E-state index contributed by atoms with van der Waals surface area (Å²) in [7, 11) is 0. The molecule has 0 unspecified atom stereocenters. The number of hydrogen-bond acceptors (Lipinski definition) is 6. The number of likely N-dealkylation sites (tertiary alicyclic amines) is 1. The maximum absolute atomic E-state index is 12.6. The van der Waals surface area contributed by atoms with Crippen molar-refractivity contribution < 1.29 is 4.79 Å². The number of hydrogen-bond donors (Lipinski definition) is 1. The Bertz CT molecular complexity index is 1280. The van der Waals surface area contributed by atoms with E-state index in [2.05, 4.69) is 32.1 Å². The topological polar surface area (TPSA) is 58.1 Å². The number of aromatic nitrogens is 2. The van der Waals surface area contributed by atoms with Crippen molar-refractivity contribution in [2.24, 2.45) is 0 Å². The quantitative estimate of drug-likeness (QED) is 0.366. The molecule has 31 heavy (non-hydrogen) atoms. The Morgan fingerprint density at radius 2 is 1.71 bits per heavy atom. The molecule has 0 amide bonds. The number of carbonyl (C=O) groups is 1. The highest BCUT2D eigenvalue weighted by Gasteiger charge is 2.11. The number of anilines is 2. The molecule has 0 saturated carbocycles. The Morgan fingerprint density at radius 3 is 2.48 bits per heavy atom. The van der Waals surface area contributed by atoms with E-state index in [4.69, 9.17) is 0 Å². The molecule has 0 radical (unpaired) electrons. The molecule has 152 valence electrons. The number of benzene rings is 2. The first-order valence-electron chi connectivity index (χ1n) is 10.2. The van der Waals surface area contributed by atoms with Gasteiger partial charge >= 0.3 is 0 Å². The van der Waals surface area contributed by atoms with Gasteiger partial charge in [0, 0.05) is 35.9 Å². The summed E-state index contributed by atoms with van der Waals surface area (Å²) in [5.74, 6) is 4.02. The van der Waals surface area contributed by atoms with Gasteiger partial charge in [-0.3, -0.25) is 4.79 Å². The van der Waals surface area contributed by atoms with Gasteiger partial charge in [-0.05, 0) is 49.1 Å². The van der Waals surface area contributed by atoms with Crippen molar-refractivity contribution in [1.82, 2.24) is 14.9 Å². The van der Waals surface area contributed by atoms with Crippen molar-refractivity contribution >= 4 is 38.8 Å². The summed E-state index contributed by atoms with van der Waals surface area (Å²) in [6.07, 6.45) is 4.00. The molecule has 1 saturated heterocycles. The summed E-state index contributed by atoms with van der Waals surface area (Å²) in [5, 5.41) is 3.35. The standard InChI is InChI=1S/C25H20N4OS/c30-23(18-6-2-1-3-7-18)19-8-10-20(11-9-19)28-25-24-22(26-17-27-25)16-21(31-24)12-15-29-13-4-5-14-29/h1-3,6-11,16-17H,4-5,13-14H2,(H,26,27,28). The van der Waals surface area contributed by atoms with Gasteiger partial charge in [0.25, 0.3) is 0 Å². The second kappa shape index (κ2) is 8.58. The smallest absolute Gasteiger partial charge is 0.193 e. The highest BCUT2D eigenvalue weighted by Crippen LogP contribution is 2.30. The average molecular weight is 425 g/mol. The van der Waals surface area contributed by atoms with E-state index in [0.717, 1.165) is 39.7 Å². The lowest BCUT2D eigenvalue weighted by atomic mass is 10.0. The Hall–Kier alpha value is -3.69. The Labute approximate surface area is 184 Å². The molecule has 4 aromatic rings. The summed E-state index contributed by atoms with van der Waals surface area (Å²) < 4.78 is 0.970. The van der Waals surface area contributed by atoms with Crippen LogP contribution in [0.4, 0.5) is 11.5 Å². The van der Waals surface area contributed by atoms with Crippen LogP contribution in [0.5, 0.6) is 0 Å². The fourth-order valence-corrected chi connectivity index (χ4v) is 4.47. The van der Waals surface area contributed by atoms with E-state index in [1.807, 2.05) is 60.7 Å². The van der Waals surface area contributed by atoms with E-state index in [1.54, 1.807) is 17.7 Å². The fourth-order valence-electron chi connectivity index (χ4n) is 3.57. The van der Waals surface area contributed by atoms with Crippen LogP contribution in [0.2, 0.25) is 0 Å². The molecule has 0 spiro atoms. The summed E-state index contributed by atoms with van der Waals surface area (Å²) in [4.78, 5) is 24.6. The van der Waals surface area contributed by atoms with Crippen molar-refractivity contribution in [1.29, 1.82) is 0 Å². The SMILES string of the molecule is O=C(c1ccccc1)c1ccc(Nc2ncnc3cc(C#CN4CCCC4)sc23)cc1. The maximum Gasteiger partial charge on any atom is 0.193 e. The van der Waals surface area contributed by atoms with Crippen molar-refractivity contribution in [3.63, 3.8) is 0 Å². The third-order valence-corrected chi connectivity index (χ3v) is 6.25. The van der Waals surface area contributed by atoms with Crippen LogP contribution in [0.3, 0.4) is 0 Å². The molecular formula is C25H20N4OS. The summed E-state index contributed by atoms with van der Waals surface area (Å²) >= 11 is 1.59. The van der Waals surface area contributed by atoms with Gasteiger partial charge in [0.1, 0.15) is 6.33 Å². The van der Waals surface area contributed by atoms with Crippen LogP contribution in [0.25, 0.3) is 10.2 Å². The van der Waals surface area contributed by atoms with Crippen LogP contribution in [-0.2, 0) is 0 Å². The molecule has 3 heterocycles. The number of nitrogens with one attached hydrogen (secondary N) is 1. The van der Waals surface area contributed by atoms with Gasteiger partial charge in [0.15, 0.2) is 11.6 Å². The minimum Gasteiger partial charge on any atom is -0.339 e. The zero-order valence-electron chi connectivity index (χ0n) is 16.8. The molecule has 0 aliphatic carbocycles. The Morgan fingerprint density at radius 1 is 0.968 bits per heavy atom. The Kier molecular flexibility index (Phi) is 5.34. The summed E-state index contributed by atoms with van der Waals surface area (Å²) in [6, 6.07) is 22.0. The molecule has 1 fully saturated rings. The van der Waals surface area contributed by atoms with Gasteiger partial charge in [-0.1, -0.05) is 30.3 Å². The molecule has 0 atom stereocenters. The highest BCUT2D eigenvalue weighted by molar-refractivity contribution is 7.20. The zero-order chi connectivity index (χ0) is 21.0. The van der Waals surface area contributed by atoms with Crippen LogP contribution in [0.1, 0.15) is 33.6 Å². The molecule has 2 aromatic heterocycles. The molecule has 1 aliphatic heterocycles. The summed E-state index contributed by atoms with van der Waals surface area (Å²) in [6.45, 7) is 2.10. The van der Waals surface area contributed by atoms with E-state index >= 15 is 0 Å². The molecule has 5 rings (SSSR count). The lowest BCUT2D eigenvalue weighted by Gasteiger charge is -2.07. The number of rotatable bonds is 4. The van der Waals surface area contributed by atoms with Crippen molar-refractivity contribution in [2.45, 2.75) is 12.8 Å². The van der Waals surface area contributed by atoms with Gasteiger partial charge in [0.05, 0.1) is 15.1 Å². The maximum atomic E-state index is 12.6. The normalized spacial score (nSPS) is 13.1. The fraction of sp³-hybridized carbons (Fsp3) is 0.160. The van der Waals surface area contributed by atoms with Crippen molar-refractivity contribution in [3.05, 3.63) is 83.0 Å². The number of carbonyl (C=O) groups excluding carboxylic acids is 1. The molecule has 2 aromatic carbocycles. The summed E-state index contributed by atoms with van der Waals surface area (Å²) in [5.41, 5.74) is 3.08. The van der Waals surface area contributed by atoms with Crippen molar-refractivity contribution in [2.75, 3.05) is 18.4 Å². The van der Waals surface area contributed by atoms with Crippen molar-refractivity contribution in [3.8, 4) is 12.0 Å². The third-order valence-electron chi connectivity index (χ3n) is 5.20. The number of nitrogens with zero attached hydrogens (tertiary/aromatic N) is 3. The molecular weight excluding hydrogens is 404 g/mol. The van der Waals surface area contributed by atoms with E-state index in [1.165, 1.54) is 12.8 Å². The first-order valence-corrected chi connectivity index (χ1v) is 11.1.